The number of hydrogen-bond acceptors (Lipinski definition) is 3. The summed E-state index contributed by atoms with van der Waals surface area (Å²) < 4.78 is 43.8. The van der Waals surface area contributed by atoms with Gasteiger partial charge in [0.15, 0.2) is 0 Å². The van der Waals surface area contributed by atoms with Gasteiger partial charge in [0.05, 0.1) is 23.2 Å². The van der Waals surface area contributed by atoms with Crippen molar-refractivity contribution in [3.8, 4) is 0 Å². The number of ether oxygens (including phenoxy) is 1. The van der Waals surface area contributed by atoms with E-state index in [1.54, 1.807) is 6.92 Å². The van der Waals surface area contributed by atoms with Gasteiger partial charge in [-0.1, -0.05) is 0 Å². The molecule has 0 amide bonds. The lowest BCUT2D eigenvalue weighted by Gasteiger charge is -2.05. The maximum absolute atomic E-state index is 12.7. The van der Waals surface area contributed by atoms with E-state index in [1.807, 2.05) is 0 Å². The highest BCUT2D eigenvalue weighted by Gasteiger charge is 2.36. The third-order valence-corrected chi connectivity index (χ3v) is 2.65. The molecule has 1 aromatic carbocycles. The number of carbonyl (C=O) groups is 1. The van der Waals surface area contributed by atoms with Gasteiger partial charge in [-0.05, 0) is 25.1 Å². The van der Waals surface area contributed by atoms with Gasteiger partial charge in [-0.3, -0.25) is 0 Å². The van der Waals surface area contributed by atoms with Crippen molar-refractivity contribution in [1.82, 2.24) is 9.55 Å². The number of rotatable bonds is 2. The molecule has 1 heterocycles. The molecule has 2 aromatic rings. The summed E-state index contributed by atoms with van der Waals surface area (Å²) in [5.74, 6) is -1.58. The Morgan fingerprint density at radius 3 is 2.68 bits per heavy atom. The van der Waals surface area contributed by atoms with Gasteiger partial charge >= 0.3 is 12.1 Å². The van der Waals surface area contributed by atoms with Crippen LogP contribution in [0, 0.1) is 0 Å². The SMILES string of the molecule is CCOC(=O)c1ccc2c(c1)nc(C(F)(F)F)n2C. The number of alkyl halides is 3. The Morgan fingerprint density at radius 1 is 1.42 bits per heavy atom. The zero-order valence-corrected chi connectivity index (χ0v) is 10.3. The van der Waals surface area contributed by atoms with E-state index < -0.39 is 18.0 Å². The highest BCUT2D eigenvalue weighted by atomic mass is 19.4. The van der Waals surface area contributed by atoms with Gasteiger partial charge in [0.1, 0.15) is 0 Å². The Bertz CT molecular complexity index is 632. The molecular weight excluding hydrogens is 261 g/mol. The van der Waals surface area contributed by atoms with Crippen molar-refractivity contribution in [3.63, 3.8) is 0 Å². The molecule has 0 N–H and O–H groups in total. The molecule has 7 heteroatoms. The molecular formula is C12H11F3N2O2. The molecule has 0 unspecified atom stereocenters. The molecule has 0 atom stereocenters. The van der Waals surface area contributed by atoms with Crippen molar-refractivity contribution >= 4 is 17.0 Å². The van der Waals surface area contributed by atoms with Crippen LogP contribution in [0.5, 0.6) is 0 Å². The van der Waals surface area contributed by atoms with Gasteiger partial charge < -0.3 is 9.30 Å². The Kier molecular flexibility index (Phi) is 3.21. The van der Waals surface area contributed by atoms with Crippen LogP contribution < -0.4 is 0 Å². The Morgan fingerprint density at radius 2 is 2.11 bits per heavy atom. The van der Waals surface area contributed by atoms with Crippen LogP contribution in [-0.4, -0.2) is 22.1 Å². The van der Waals surface area contributed by atoms with Crippen LogP contribution >= 0.6 is 0 Å². The first-order chi connectivity index (χ1) is 8.84. The van der Waals surface area contributed by atoms with Gasteiger partial charge in [-0.25, -0.2) is 9.78 Å². The number of nitrogens with zero attached hydrogens (tertiary/aromatic N) is 2. The topological polar surface area (TPSA) is 44.1 Å². The van der Waals surface area contributed by atoms with Gasteiger partial charge in [-0.2, -0.15) is 13.2 Å². The average Bonchev–Trinajstić information content (AvgIpc) is 2.66. The molecule has 0 aliphatic rings. The molecule has 0 radical (unpaired) electrons. The predicted molar refractivity (Wildman–Crippen MR) is 61.7 cm³/mol. The molecule has 102 valence electrons. The van der Waals surface area contributed by atoms with E-state index in [-0.39, 0.29) is 17.7 Å². The van der Waals surface area contributed by atoms with E-state index in [9.17, 15) is 18.0 Å². The summed E-state index contributed by atoms with van der Waals surface area (Å²) in [5.41, 5.74) is 0.599. The van der Waals surface area contributed by atoms with Crippen molar-refractivity contribution in [2.45, 2.75) is 13.1 Å². The summed E-state index contributed by atoms with van der Waals surface area (Å²) >= 11 is 0. The van der Waals surface area contributed by atoms with Crippen LogP contribution in [0.25, 0.3) is 11.0 Å². The first-order valence-electron chi connectivity index (χ1n) is 5.55. The third-order valence-electron chi connectivity index (χ3n) is 2.65. The van der Waals surface area contributed by atoms with Crippen LogP contribution in [0.4, 0.5) is 13.2 Å². The molecule has 0 saturated carbocycles. The smallest absolute Gasteiger partial charge is 0.449 e. The number of aromatic nitrogens is 2. The van der Waals surface area contributed by atoms with Gasteiger partial charge in [0.2, 0.25) is 5.82 Å². The maximum Gasteiger partial charge on any atom is 0.449 e. The van der Waals surface area contributed by atoms with Crippen molar-refractivity contribution < 1.29 is 22.7 Å². The van der Waals surface area contributed by atoms with Crippen molar-refractivity contribution in [1.29, 1.82) is 0 Å². The number of aryl methyl sites for hydroxylation is 1. The fourth-order valence-corrected chi connectivity index (χ4v) is 1.79. The number of benzene rings is 1. The first kappa shape index (κ1) is 13.4. The molecule has 0 fully saturated rings. The minimum atomic E-state index is -4.53. The van der Waals surface area contributed by atoms with E-state index in [1.165, 1.54) is 25.2 Å². The second-order valence-electron chi connectivity index (χ2n) is 3.92. The fourth-order valence-electron chi connectivity index (χ4n) is 1.79. The molecule has 0 saturated heterocycles. The van der Waals surface area contributed by atoms with Gasteiger partial charge in [0.25, 0.3) is 0 Å². The zero-order valence-electron chi connectivity index (χ0n) is 10.3. The minimum absolute atomic E-state index is 0.111. The lowest BCUT2D eigenvalue weighted by atomic mass is 10.2. The number of halogens is 3. The molecule has 2 rings (SSSR count). The van der Waals surface area contributed by atoms with Crippen LogP contribution in [0.3, 0.4) is 0 Å². The monoisotopic (exact) mass is 272 g/mol. The Labute approximate surface area is 106 Å². The number of fused-ring (bicyclic) bond motifs is 1. The number of carbonyl (C=O) groups excluding carboxylic acids is 1. The largest absolute Gasteiger partial charge is 0.462 e. The van der Waals surface area contributed by atoms with Crippen LogP contribution in [-0.2, 0) is 18.0 Å². The molecule has 0 bridgehead atoms. The highest BCUT2D eigenvalue weighted by Crippen LogP contribution is 2.30. The van der Waals surface area contributed by atoms with Crippen LogP contribution in [0.1, 0.15) is 23.1 Å². The standard InChI is InChI=1S/C12H11F3N2O2/c1-3-19-10(18)7-4-5-9-8(6-7)16-11(17(9)2)12(13,14)15/h4-6H,3H2,1-2H3. The van der Waals surface area contributed by atoms with Gasteiger partial charge in [-0.15, -0.1) is 0 Å². The fraction of sp³-hybridized carbons (Fsp3) is 0.333. The zero-order chi connectivity index (χ0) is 14.2. The summed E-state index contributed by atoms with van der Waals surface area (Å²) in [4.78, 5) is 15.0. The van der Waals surface area contributed by atoms with E-state index in [0.29, 0.717) is 5.52 Å². The van der Waals surface area contributed by atoms with E-state index >= 15 is 0 Å². The molecule has 1 aromatic heterocycles. The van der Waals surface area contributed by atoms with Crippen LogP contribution in [0.15, 0.2) is 18.2 Å². The number of esters is 1. The summed E-state index contributed by atoms with van der Waals surface area (Å²) in [6, 6.07) is 4.13. The lowest BCUT2D eigenvalue weighted by Crippen LogP contribution is -2.12. The Balaban J connectivity index is 2.53. The van der Waals surface area contributed by atoms with Crippen molar-refractivity contribution in [3.05, 3.63) is 29.6 Å². The predicted octanol–water partition coefficient (Wildman–Crippen LogP) is 2.77. The quantitative estimate of drug-likeness (QED) is 0.789. The van der Waals surface area contributed by atoms with Crippen LogP contribution in [0.2, 0.25) is 0 Å². The minimum Gasteiger partial charge on any atom is -0.462 e. The first-order valence-corrected chi connectivity index (χ1v) is 5.55. The van der Waals surface area contributed by atoms with E-state index in [0.717, 1.165) is 4.57 Å². The molecule has 0 aliphatic heterocycles. The van der Waals surface area contributed by atoms with E-state index in [4.69, 9.17) is 4.74 Å². The molecule has 0 aliphatic carbocycles. The lowest BCUT2D eigenvalue weighted by molar-refractivity contribution is -0.146. The average molecular weight is 272 g/mol. The van der Waals surface area contributed by atoms with Crippen molar-refractivity contribution in [2.75, 3.05) is 6.61 Å². The summed E-state index contributed by atoms with van der Waals surface area (Å²) in [6.07, 6.45) is -4.53. The van der Waals surface area contributed by atoms with Crippen molar-refractivity contribution in [2.24, 2.45) is 7.05 Å². The van der Waals surface area contributed by atoms with E-state index in [2.05, 4.69) is 4.98 Å². The molecule has 4 nitrogen and oxygen atoms in total. The summed E-state index contributed by atoms with van der Waals surface area (Å²) in [5, 5.41) is 0. The normalized spacial score (nSPS) is 11.8. The number of imidazole rings is 1. The second kappa shape index (κ2) is 4.56. The Hall–Kier alpha value is -2.05. The molecule has 19 heavy (non-hydrogen) atoms. The van der Waals surface area contributed by atoms with Gasteiger partial charge in [0, 0.05) is 7.05 Å². The number of hydrogen-bond donors (Lipinski definition) is 0. The summed E-state index contributed by atoms with van der Waals surface area (Å²) in [6.45, 7) is 1.85. The third kappa shape index (κ3) is 2.40. The highest BCUT2D eigenvalue weighted by molar-refractivity contribution is 5.93. The second-order valence-corrected chi connectivity index (χ2v) is 3.92. The summed E-state index contributed by atoms with van der Waals surface area (Å²) in [7, 11) is 1.28. The molecule has 0 spiro atoms. The maximum atomic E-state index is 12.7.